The SMILES string of the molecule is NCC[C@H](O)C(=O)N[C@@H]1C[C@H](N)[C@@H](O[C@H]2O[C@H](CN)C=C[C@H]2N)[C@@H](F)[C@H]1O[C@H]1O[C@H](CO)[C@@H](O)[C@H](N)[C@H]1O. The highest BCUT2D eigenvalue weighted by molar-refractivity contribution is 5.80. The molecular weight excluding hydrogens is 511 g/mol. The normalized spacial score (nSPS) is 44.5. The smallest absolute Gasteiger partial charge is 0.249 e. The van der Waals surface area contributed by atoms with Crippen molar-refractivity contribution in [3.63, 3.8) is 0 Å². The van der Waals surface area contributed by atoms with Gasteiger partial charge in [0.2, 0.25) is 5.91 Å². The lowest BCUT2D eigenvalue weighted by Crippen LogP contribution is -2.68. The fourth-order valence-corrected chi connectivity index (χ4v) is 4.71. The Morgan fingerprint density at radius 1 is 1.08 bits per heavy atom. The Bertz CT molecular complexity index is 800. The molecule has 0 unspecified atom stereocenters. The van der Waals surface area contributed by atoms with Gasteiger partial charge in [-0.05, 0) is 19.4 Å². The van der Waals surface area contributed by atoms with E-state index in [4.69, 9.17) is 47.6 Å². The third-order valence-corrected chi connectivity index (χ3v) is 6.97. The first-order valence-corrected chi connectivity index (χ1v) is 12.6. The molecular formula is C22H41FN6O9. The third kappa shape index (κ3) is 7.03. The molecule has 2 heterocycles. The summed E-state index contributed by atoms with van der Waals surface area (Å²) in [5.74, 6) is -0.827. The number of carbonyl (C=O) groups is 1. The van der Waals surface area contributed by atoms with Crippen LogP contribution in [0.3, 0.4) is 0 Å². The van der Waals surface area contributed by atoms with Crippen LogP contribution in [0.1, 0.15) is 12.8 Å². The van der Waals surface area contributed by atoms with Crippen molar-refractivity contribution < 1.29 is 48.6 Å². The molecule has 1 saturated heterocycles. The Balaban J connectivity index is 1.83. The molecule has 15 N–H and O–H groups in total. The Morgan fingerprint density at radius 2 is 1.76 bits per heavy atom. The monoisotopic (exact) mass is 552 g/mol. The van der Waals surface area contributed by atoms with Gasteiger partial charge in [0.15, 0.2) is 18.8 Å². The second kappa shape index (κ2) is 13.8. The molecule has 0 aromatic rings. The van der Waals surface area contributed by atoms with Gasteiger partial charge in [0.05, 0.1) is 30.8 Å². The molecule has 3 rings (SSSR count). The Hall–Kier alpha value is -1.38. The molecule has 220 valence electrons. The lowest BCUT2D eigenvalue weighted by Gasteiger charge is -2.47. The van der Waals surface area contributed by atoms with Crippen molar-refractivity contribution in [1.82, 2.24) is 5.32 Å². The number of hydrogen-bond donors (Lipinski definition) is 10. The van der Waals surface area contributed by atoms with Crippen LogP contribution >= 0.6 is 0 Å². The number of carbonyl (C=O) groups excluding carboxylic acids is 1. The lowest BCUT2D eigenvalue weighted by atomic mass is 9.84. The summed E-state index contributed by atoms with van der Waals surface area (Å²) >= 11 is 0. The van der Waals surface area contributed by atoms with E-state index in [2.05, 4.69) is 5.32 Å². The van der Waals surface area contributed by atoms with E-state index in [-0.39, 0.29) is 25.9 Å². The van der Waals surface area contributed by atoms with Gasteiger partial charge in [0.25, 0.3) is 0 Å². The van der Waals surface area contributed by atoms with E-state index in [1.807, 2.05) is 0 Å². The topological polar surface area (TPSA) is 277 Å². The molecule has 0 bridgehead atoms. The maximum Gasteiger partial charge on any atom is 0.249 e. The zero-order chi connectivity index (χ0) is 28.1. The first kappa shape index (κ1) is 31.2. The maximum absolute atomic E-state index is 16.1. The summed E-state index contributed by atoms with van der Waals surface area (Å²) < 4.78 is 38.9. The molecule has 14 atom stereocenters. The first-order chi connectivity index (χ1) is 18.0. The van der Waals surface area contributed by atoms with Gasteiger partial charge in [-0.15, -0.1) is 0 Å². The number of aliphatic hydroxyl groups is 4. The number of rotatable bonds is 10. The maximum atomic E-state index is 16.1. The van der Waals surface area contributed by atoms with Crippen molar-refractivity contribution in [2.75, 3.05) is 19.7 Å². The van der Waals surface area contributed by atoms with Crippen molar-refractivity contribution in [2.45, 2.75) is 98.5 Å². The molecule has 0 spiro atoms. The number of hydrogen-bond acceptors (Lipinski definition) is 14. The second-order valence-electron chi connectivity index (χ2n) is 9.78. The number of halogens is 1. The molecule has 0 aromatic heterocycles. The van der Waals surface area contributed by atoms with Crippen LogP contribution in [0.2, 0.25) is 0 Å². The van der Waals surface area contributed by atoms with E-state index in [9.17, 15) is 25.2 Å². The molecule has 2 fully saturated rings. The summed E-state index contributed by atoms with van der Waals surface area (Å²) in [6.07, 6.45) is -10.6. The highest BCUT2D eigenvalue weighted by Crippen LogP contribution is 2.32. The quantitative estimate of drug-likeness (QED) is 0.113. The summed E-state index contributed by atoms with van der Waals surface area (Å²) in [5.41, 5.74) is 29.2. The van der Waals surface area contributed by atoms with Crippen molar-refractivity contribution in [3.05, 3.63) is 12.2 Å². The molecule has 16 heteroatoms. The van der Waals surface area contributed by atoms with Gasteiger partial charge in [0, 0.05) is 12.6 Å². The molecule has 38 heavy (non-hydrogen) atoms. The molecule has 1 aliphatic carbocycles. The zero-order valence-electron chi connectivity index (χ0n) is 20.9. The van der Waals surface area contributed by atoms with Crippen LogP contribution in [0, 0.1) is 0 Å². The standard InChI is InChI=1S/C22H41FN6O9/c23-14-18(37-21-9(26)2-1-8(6-25)35-21)10(27)5-11(29-20(34)12(31)3-4-24)19(14)38-22-17(33)15(28)16(32)13(7-30)36-22/h1-2,8-19,21-22,30-33H,3-7,24-28H2,(H,29,34)/t8-,9+,10-,11+,12-,13+,14+,15-,16+,17+,18+,19-,21+,22+/m0/s1. The minimum absolute atomic E-state index is 0.0328. The summed E-state index contributed by atoms with van der Waals surface area (Å²) in [4.78, 5) is 12.5. The number of nitrogens with two attached hydrogens (primary N) is 5. The fourth-order valence-electron chi connectivity index (χ4n) is 4.71. The predicted molar refractivity (Wildman–Crippen MR) is 129 cm³/mol. The van der Waals surface area contributed by atoms with Crippen LogP contribution in [-0.2, 0) is 23.7 Å². The number of alkyl halides is 1. The molecule has 1 amide bonds. The van der Waals surface area contributed by atoms with Gasteiger partial charge in [-0.25, -0.2) is 4.39 Å². The van der Waals surface area contributed by atoms with Gasteiger partial charge < -0.3 is 73.4 Å². The molecule has 2 aliphatic heterocycles. The summed E-state index contributed by atoms with van der Waals surface area (Å²) in [6.45, 7) is -0.482. The van der Waals surface area contributed by atoms with E-state index in [1.54, 1.807) is 12.2 Å². The minimum atomic E-state index is -2.03. The minimum Gasteiger partial charge on any atom is -0.394 e. The molecule has 3 aliphatic rings. The van der Waals surface area contributed by atoms with E-state index in [1.165, 1.54) is 0 Å². The van der Waals surface area contributed by atoms with Crippen molar-refractivity contribution in [2.24, 2.45) is 28.7 Å². The van der Waals surface area contributed by atoms with Crippen LogP contribution in [-0.4, -0.2) is 132 Å². The molecule has 1 saturated carbocycles. The fraction of sp³-hybridized carbons (Fsp3) is 0.864. The Labute approximate surface area is 219 Å². The summed E-state index contributed by atoms with van der Waals surface area (Å²) in [7, 11) is 0. The first-order valence-electron chi connectivity index (χ1n) is 12.6. The number of nitrogens with one attached hydrogen (secondary N) is 1. The van der Waals surface area contributed by atoms with Gasteiger partial charge in [0.1, 0.15) is 36.6 Å². The van der Waals surface area contributed by atoms with E-state index < -0.39 is 98.2 Å². The molecule has 15 nitrogen and oxygen atoms in total. The third-order valence-electron chi connectivity index (χ3n) is 6.97. The lowest BCUT2D eigenvalue weighted by molar-refractivity contribution is -0.307. The average Bonchev–Trinajstić information content (AvgIpc) is 2.89. The van der Waals surface area contributed by atoms with Crippen molar-refractivity contribution in [3.8, 4) is 0 Å². The van der Waals surface area contributed by atoms with E-state index >= 15 is 4.39 Å². The van der Waals surface area contributed by atoms with Crippen LogP contribution in [0.25, 0.3) is 0 Å². The largest absolute Gasteiger partial charge is 0.394 e. The number of aliphatic hydroxyl groups excluding tert-OH is 4. The Morgan fingerprint density at radius 3 is 2.39 bits per heavy atom. The van der Waals surface area contributed by atoms with Crippen LogP contribution in [0.4, 0.5) is 4.39 Å². The van der Waals surface area contributed by atoms with Gasteiger partial charge >= 0.3 is 0 Å². The van der Waals surface area contributed by atoms with E-state index in [0.29, 0.717) is 0 Å². The van der Waals surface area contributed by atoms with Crippen LogP contribution in [0.15, 0.2) is 12.2 Å². The summed E-state index contributed by atoms with van der Waals surface area (Å²) in [5, 5.41) is 42.7. The van der Waals surface area contributed by atoms with Crippen LogP contribution in [0.5, 0.6) is 0 Å². The highest BCUT2D eigenvalue weighted by Gasteiger charge is 2.51. The van der Waals surface area contributed by atoms with Crippen LogP contribution < -0.4 is 34.0 Å². The van der Waals surface area contributed by atoms with Gasteiger partial charge in [-0.1, -0.05) is 12.2 Å². The highest BCUT2D eigenvalue weighted by atomic mass is 19.1. The van der Waals surface area contributed by atoms with Crippen molar-refractivity contribution >= 4 is 5.91 Å². The van der Waals surface area contributed by atoms with Gasteiger partial charge in [-0.3, -0.25) is 4.79 Å². The predicted octanol–water partition coefficient (Wildman–Crippen LogP) is -5.65. The zero-order valence-corrected chi connectivity index (χ0v) is 20.9. The van der Waals surface area contributed by atoms with Crippen molar-refractivity contribution in [1.29, 1.82) is 0 Å². The van der Waals surface area contributed by atoms with Gasteiger partial charge in [-0.2, -0.15) is 0 Å². The summed E-state index contributed by atoms with van der Waals surface area (Å²) in [6, 6.07) is -4.11. The molecule has 0 aromatic carbocycles. The second-order valence-corrected chi connectivity index (χ2v) is 9.78. The van der Waals surface area contributed by atoms with E-state index in [0.717, 1.165) is 0 Å². The average molecular weight is 553 g/mol. The number of ether oxygens (including phenoxy) is 4. The number of amides is 1. The Kier molecular flexibility index (Phi) is 11.3. The molecule has 0 radical (unpaired) electrons.